The number of benzene rings is 1. The van der Waals surface area contributed by atoms with Crippen molar-refractivity contribution >= 4 is 5.91 Å². The molecule has 0 spiro atoms. The molecule has 3 heteroatoms. The molecule has 0 N–H and O–H groups in total. The van der Waals surface area contributed by atoms with Crippen LogP contribution in [0.5, 0.6) is 0 Å². The molecule has 1 aromatic carbocycles. The van der Waals surface area contributed by atoms with Crippen molar-refractivity contribution in [2.45, 2.75) is 46.1 Å². The van der Waals surface area contributed by atoms with E-state index in [2.05, 4.69) is 19.1 Å². The molecule has 2 rings (SSSR count). The van der Waals surface area contributed by atoms with Gasteiger partial charge in [-0.15, -0.1) is 0 Å². The molecule has 0 heterocycles. The molecule has 1 aliphatic rings. The van der Waals surface area contributed by atoms with E-state index < -0.39 is 0 Å². The van der Waals surface area contributed by atoms with Gasteiger partial charge in [0.15, 0.2) is 0 Å². The van der Waals surface area contributed by atoms with E-state index in [9.17, 15) is 4.79 Å². The fraction of sp³-hybridized carbons (Fsp3) is 0.529. The summed E-state index contributed by atoms with van der Waals surface area (Å²) in [5, 5.41) is 8.80. The van der Waals surface area contributed by atoms with Crippen LogP contribution in [0.3, 0.4) is 0 Å². The molecule has 1 saturated carbocycles. The summed E-state index contributed by atoms with van der Waals surface area (Å²) in [5.74, 6) is 0.676. The highest BCUT2D eigenvalue weighted by atomic mass is 16.2. The summed E-state index contributed by atoms with van der Waals surface area (Å²) in [7, 11) is 0. The maximum absolute atomic E-state index is 12.7. The Morgan fingerprint density at radius 2 is 1.95 bits per heavy atom. The summed E-state index contributed by atoms with van der Waals surface area (Å²) < 4.78 is 0. The molecule has 0 saturated heterocycles. The Morgan fingerprint density at radius 1 is 1.35 bits per heavy atom. The number of carbonyl (C=O) groups excluding carboxylic acids is 1. The van der Waals surface area contributed by atoms with Gasteiger partial charge in [0, 0.05) is 18.2 Å². The Kier molecular flexibility index (Phi) is 4.44. The molecule has 0 aromatic heterocycles. The standard InChI is InChI=1S/C17H22N2O/c1-12-9-13(2)11-16(10-12)17(20)19(8-4-7-18)14(3)15-5-6-15/h9-11,14-15H,4-6,8H2,1-3H3/t14-/m0/s1. The maximum Gasteiger partial charge on any atom is 0.254 e. The third-order valence-corrected chi connectivity index (χ3v) is 3.99. The van der Waals surface area contributed by atoms with Crippen LogP contribution in [0.25, 0.3) is 0 Å². The summed E-state index contributed by atoms with van der Waals surface area (Å²) >= 11 is 0. The predicted octanol–water partition coefficient (Wildman–Crippen LogP) is 3.46. The normalized spacial score (nSPS) is 15.5. The quantitative estimate of drug-likeness (QED) is 0.822. The number of rotatable bonds is 5. The van der Waals surface area contributed by atoms with Crippen LogP contribution in [-0.2, 0) is 0 Å². The monoisotopic (exact) mass is 270 g/mol. The van der Waals surface area contributed by atoms with Gasteiger partial charge in [0.25, 0.3) is 5.91 Å². The van der Waals surface area contributed by atoms with E-state index in [4.69, 9.17) is 5.26 Å². The second-order valence-electron chi connectivity index (χ2n) is 5.86. The van der Waals surface area contributed by atoms with Crippen molar-refractivity contribution in [3.63, 3.8) is 0 Å². The van der Waals surface area contributed by atoms with Crippen molar-refractivity contribution in [1.82, 2.24) is 4.90 Å². The highest BCUT2D eigenvalue weighted by molar-refractivity contribution is 5.94. The average Bonchev–Trinajstić information content (AvgIpc) is 3.21. The van der Waals surface area contributed by atoms with E-state index in [0.29, 0.717) is 18.9 Å². The molecule has 0 radical (unpaired) electrons. The van der Waals surface area contributed by atoms with Gasteiger partial charge in [-0.3, -0.25) is 4.79 Å². The van der Waals surface area contributed by atoms with Gasteiger partial charge in [0.2, 0.25) is 0 Å². The van der Waals surface area contributed by atoms with Crippen molar-refractivity contribution in [3.05, 3.63) is 34.9 Å². The Morgan fingerprint density at radius 3 is 2.45 bits per heavy atom. The molecule has 106 valence electrons. The van der Waals surface area contributed by atoms with E-state index in [1.54, 1.807) is 0 Å². The van der Waals surface area contributed by atoms with Gasteiger partial charge in [0.1, 0.15) is 0 Å². The first kappa shape index (κ1) is 14.6. The SMILES string of the molecule is Cc1cc(C)cc(C(=O)N(CCC#N)[C@@H](C)C2CC2)c1. The van der Waals surface area contributed by atoms with Gasteiger partial charge < -0.3 is 4.90 Å². The zero-order chi connectivity index (χ0) is 14.7. The summed E-state index contributed by atoms with van der Waals surface area (Å²) in [6.45, 7) is 6.65. The van der Waals surface area contributed by atoms with Gasteiger partial charge >= 0.3 is 0 Å². The number of carbonyl (C=O) groups is 1. The fourth-order valence-corrected chi connectivity index (χ4v) is 2.76. The van der Waals surface area contributed by atoms with Gasteiger partial charge in [-0.2, -0.15) is 5.26 Å². The van der Waals surface area contributed by atoms with Crippen LogP contribution < -0.4 is 0 Å². The first-order valence-electron chi connectivity index (χ1n) is 7.29. The second-order valence-corrected chi connectivity index (χ2v) is 5.86. The van der Waals surface area contributed by atoms with Crippen molar-refractivity contribution < 1.29 is 4.79 Å². The third kappa shape index (κ3) is 3.39. The first-order valence-corrected chi connectivity index (χ1v) is 7.29. The van der Waals surface area contributed by atoms with Crippen LogP contribution in [-0.4, -0.2) is 23.4 Å². The van der Waals surface area contributed by atoms with Gasteiger partial charge in [0.05, 0.1) is 12.5 Å². The van der Waals surface area contributed by atoms with Crippen LogP contribution in [0.2, 0.25) is 0 Å². The van der Waals surface area contributed by atoms with Crippen LogP contribution in [0.4, 0.5) is 0 Å². The lowest BCUT2D eigenvalue weighted by Gasteiger charge is -2.29. The summed E-state index contributed by atoms with van der Waals surface area (Å²) in [6, 6.07) is 8.33. The highest BCUT2D eigenvalue weighted by Crippen LogP contribution is 2.35. The zero-order valence-electron chi connectivity index (χ0n) is 12.5. The minimum Gasteiger partial charge on any atom is -0.335 e. The molecule has 0 aliphatic heterocycles. The van der Waals surface area contributed by atoms with E-state index in [0.717, 1.165) is 16.7 Å². The molecule has 1 aliphatic carbocycles. The van der Waals surface area contributed by atoms with E-state index in [-0.39, 0.29) is 11.9 Å². The van der Waals surface area contributed by atoms with Gasteiger partial charge in [-0.25, -0.2) is 0 Å². The molecule has 20 heavy (non-hydrogen) atoms. The van der Waals surface area contributed by atoms with Crippen LogP contribution in [0.1, 0.15) is 47.7 Å². The number of hydrogen-bond donors (Lipinski definition) is 0. The second kappa shape index (κ2) is 6.09. The molecule has 1 atom stereocenters. The molecule has 1 aromatic rings. The van der Waals surface area contributed by atoms with Crippen molar-refractivity contribution in [2.24, 2.45) is 5.92 Å². The largest absolute Gasteiger partial charge is 0.335 e. The van der Waals surface area contributed by atoms with E-state index in [1.165, 1.54) is 12.8 Å². The highest BCUT2D eigenvalue weighted by Gasteiger charge is 2.34. The number of nitriles is 1. The van der Waals surface area contributed by atoms with Crippen LogP contribution in [0, 0.1) is 31.1 Å². The molecular formula is C17H22N2O. The molecular weight excluding hydrogens is 248 g/mol. The average molecular weight is 270 g/mol. The predicted molar refractivity (Wildman–Crippen MR) is 79.4 cm³/mol. The minimum atomic E-state index is 0.0615. The van der Waals surface area contributed by atoms with Crippen LogP contribution >= 0.6 is 0 Å². The topological polar surface area (TPSA) is 44.1 Å². The van der Waals surface area contributed by atoms with E-state index >= 15 is 0 Å². The van der Waals surface area contributed by atoms with Crippen molar-refractivity contribution in [1.29, 1.82) is 5.26 Å². The molecule has 1 fully saturated rings. The summed E-state index contributed by atoms with van der Waals surface area (Å²) in [5.41, 5.74) is 2.95. The Bertz CT molecular complexity index is 520. The number of hydrogen-bond acceptors (Lipinski definition) is 2. The number of nitrogens with zero attached hydrogens (tertiary/aromatic N) is 2. The summed E-state index contributed by atoms with van der Waals surface area (Å²) in [4.78, 5) is 14.6. The smallest absolute Gasteiger partial charge is 0.254 e. The fourth-order valence-electron chi connectivity index (χ4n) is 2.76. The maximum atomic E-state index is 12.7. The first-order chi connectivity index (χ1) is 9.52. The minimum absolute atomic E-state index is 0.0615. The van der Waals surface area contributed by atoms with Gasteiger partial charge in [-0.05, 0) is 51.7 Å². The Balaban J connectivity index is 2.22. The Labute approximate surface area is 121 Å². The van der Waals surface area contributed by atoms with Crippen molar-refractivity contribution in [3.8, 4) is 6.07 Å². The molecule has 0 unspecified atom stereocenters. The number of amides is 1. The van der Waals surface area contributed by atoms with Gasteiger partial charge in [-0.1, -0.05) is 17.2 Å². The number of aryl methyl sites for hydroxylation is 2. The lowest BCUT2D eigenvalue weighted by Crippen LogP contribution is -2.40. The van der Waals surface area contributed by atoms with Crippen LogP contribution in [0.15, 0.2) is 18.2 Å². The van der Waals surface area contributed by atoms with E-state index in [1.807, 2.05) is 30.9 Å². The third-order valence-electron chi connectivity index (χ3n) is 3.99. The molecule has 0 bridgehead atoms. The Hall–Kier alpha value is -1.82. The zero-order valence-corrected chi connectivity index (χ0v) is 12.5. The van der Waals surface area contributed by atoms with Crippen molar-refractivity contribution in [2.75, 3.05) is 6.54 Å². The molecule has 3 nitrogen and oxygen atoms in total. The lowest BCUT2D eigenvalue weighted by atomic mass is 10.0. The lowest BCUT2D eigenvalue weighted by molar-refractivity contribution is 0.0676. The summed E-state index contributed by atoms with van der Waals surface area (Å²) in [6.07, 6.45) is 2.79. The molecule has 1 amide bonds.